The van der Waals surface area contributed by atoms with Gasteiger partial charge < -0.3 is 5.11 Å². The van der Waals surface area contributed by atoms with Gasteiger partial charge in [-0.1, -0.05) is 20.8 Å². The summed E-state index contributed by atoms with van der Waals surface area (Å²) in [6, 6.07) is 0. The highest BCUT2D eigenvalue weighted by atomic mass is 16.4. The standard InChI is InChI=1S/C16H26O2/c1-15(2,3)14-12-5-10-4-11(6-12)8-16(14,7-10)9-13(17)18/h10-12,14H,4-9H2,1-3H3,(H,17,18). The van der Waals surface area contributed by atoms with Gasteiger partial charge in [-0.05, 0) is 66.6 Å². The van der Waals surface area contributed by atoms with Gasteiger partial charge in [-0.15, -0.1) is 0 Å². The van der Waals surface area contributed by atoms with Gasteiger partial charge in [0.25, 0.3) is 0 Å². The predicted molar refractivity (Wildman–Crippen MR) is 71.2 cm³/mol. The molecule has 18 heavy (non-hydrogen) atoms. The molecule has 4 aliphatic carbocycles. The molecular formula is C16H26O2. The molecule has 4 aliphatic rings. The summed E-state index contributed by atoms with van der Waals surface area (Å²) in [7, 11) is 0. The van der Waals surface area contributed by atoms with Crippen molar-refractivity contribution < 1.29 is 9.90 Å². The number of carboxylic acids is 1. The third kappa shape index (κ3) is 1.80. The zero-order valence-electron chi connectivity index (χ0n) is 11.9. The third-order valence-electron chi connectivity index (χ3n) is 5.90. The van der Waals surface area contributed by atoms with Gasteiger partial charge in [0.2, 0.25) is 0 Å². The van der Waals surface area contributed by atoms with E-state index in [0.29, 0.717) is 12.3 Å². The van der Waals surface area contributed by atoms with Gasteiger partial charge in [0.1, 0.15) is 0 Å². The maximum absolute atomic E-state index is 11.4. The molecule has 102 valence electrons. The van der Waals surface area contributed by atoms with Crippen LogP contribution in [-0.2, 0) is 4.79 Å². The lowest BCUT2D eigenvalue weighted by molar-refractivity contribution is -0.169. The fourth-order valence-electron chi connectivity index (χ4n) is 6.39. The average Bonchev–Trinajstić information content (AvgIpc) is 2.09. The van der Waals surface area contributed by atoms with Crippen LogP contribution in [0.15, 0.2) is 0 Å². The molecule has 0 spiro atoms. The summed E-state index contributed by atoms with van der Waals surface area (Å²) in [6.45, 7) is 6.97. The van der Waals surface area contributed by atoms with Gasteiger partial charge in [-0.2, -0.15) is 0 Å². The molecule has 0 aromatic rings. The molecule has 1 N–H and O–H groups in total. The number of hydrogen-bond acceptors (Lipinski definition) is 1. The molecule has 4 rings (SSSR count). The maximum Gasteiger partial charge on any atom is 0.303 e. The van der Waals surface area contributed by atoms with E-state index in [4.69, 9.17) is 0 Å². The first kappa shape index (κ1) is 12.5. The van der Waals surface area contributed by atoms with Crippen molar-refractivity contribution >= 4 is 5.97 Å². The molecule has 3 unspecified atom stereocenters. The van der Waals surface area contributed by atoms with Gasteiger partial charge in [0, 0.05) is 0 Å². The number of aliphatic carboxylic acids is 1. The zero-order valence-corrected chi connectivity index (χ0v) is 11.9. The van der Waals surface area contributed by atoms with Crippen molar-refractivity contribution in [3.8, 4) is 0 Å². The Labute approximate surface area is 110 Å². The highest BCUT2D eigenvalue weighted by Gasteiger charge is 2.60. The molecule has 0 amide bonds. The van der Waals surface area contributed by atoms with E-state index >= 15 is 0 Å². The molecule has 0 heterocycles. The Morgan fingerprint density at radius 1 is 1.17 bits per heavy atom. The Morgan fingerprint density at radius 2 is 1.72 bits per heavy atom. The van der Waals surface area contributed by atoms with Crippen LogP contribution in [-0.4, -0.2) is 11.1 Å². The van der Waals surface area contributed by atoms with Crippen LogP contribution in [0.2, 0.25) is 0 Å². The summed E-state index contributed by atoms with van der Waals surface area (Å²) in [4.78, 5) is 11.4. The van der Waals surface area contributed by atoms with E-state index in [9.17, 15) is 9.90 Å². The van der Waals surface area contributed by atoms with Crippen molar-refractivity contribution in [1.29, 1.82) is 0 Å². The van der Waals surface area contributed by atoms with E-state index in [1.165, 1.54) is 32.1 Å². The molecule has 4 fully saturated rings. The summed E-state index contributed by atoms with van der Waals surface area (Å²) in [5, 5.41) is 9.36. The number of carbonyl (C=O) groups is 1. The molecular weight excluding hydrogens is 224 g/mol. The second kappa shape index (κ2) is 3.74. The SMILES string of the molecule is CC(C)(C)C1C2CC3CC(C2)CC1(CC(=O)O)C3. The van der Waals surface area contributed by atoms with E-state index in [-0.39, 0.29) is 10.8 Å². The van der Waals surface area contributed by atoms with Crippen LogP contribution in [0.3, 0.4) is 0 Å². The van der Waals surface area contributed by atoms with Gasteiger partial charge in [0.15, 0.2) is 0 Å². The van der Waals surface area contributed by atoms with E-state index in [1.54, 1.807) is 0 Å². The van der Waals surface area contributed by atoms with Crippen LogP contribution in [0.4, 0.5) is 0 Å². The van der Waals surface area contributed by atoms with Gasteiger partial charge in [0.05, 0.1) is 6.42 Å². The Kier molecular flexibility index (Phi) is 2.60. The first-order valence-electron chi connectivity index (χ1n) is 7.52. The Morgan fingerprint density at radius 3 is 2.17 bits per heavy atom. The van der Waals surface area contributed by atoms with E-state index in [2.05, 4.69) is 20.8 Å². The summed E-state index contributed by atoms with van der Waals surface area (Å²) in [5.74, 6) is 2.51. The molecule has 0 saturated heterocycles. The van der Waals surface area contributed by atoms with Crippen LogP contribution in [0.25, 0.3) is 0 Å². The van der Waals surface area contributed by atoms with Crippen LogP contribution in [0.5, 0.6) is 0 Å². The lowest BCUT2D eigenvalue weighted by Gasteiger charge is -2.64. The van der Waals surface area contributed by atoms with Crippen LogP contribution < -0.4 is 0 Å². The van der Waals surface area contributed by atoms with Crippen molar-refractivity contribution in [2.24, 2.45) is 34.5 Å². The van der Waals surface area contributed by atoms with E-state index in [0.717, 1.165) is 17.8 Å². The normalized spacial score (nSPS) is 46.4. The summed E-state index contributed by atoms with van der Waals surface area (Å²) in [6.07, 6.45) is 6.93. The Bertz CT molecular complexity index is 352. The van der Waals surface area contributed by atoms with Crippen molar-refractivity contribution in [3.05, 3.63) is 0 Å². The molecule has 2 nitrogen and oxygen atoms in total. The minimum Gasteiger partial charge on any atom is -0.481 e. The van der Waals surface area contributed by atoms with Gasteiger partial charge in [-0.3, -0.25) is 4.79 Å². The topological polar surface area (TPSA) is 37.3 Å². The average molecular weight is 250 g/mol. The summed E-state index contributed by atoms with van der Waals surface area (Å²) < 4.78 is 0. The first-order chi connectivity index (χ1) is 8.30. The number of rotatable bonds is 2. The van der Waals surface area contributed by atoms with Crippen molar-refractivity contribution in [2.75, 3.05) is 0 Å². The largest absolute Gasteiger partial charge is 0.481 e. The molecule has 0 aromatic heterocycles. The Hall–Kier alpha value is -0.530. The van der Waals surface area contributed by atoms with Crippen LogP contribution in [0, 0.1) is 34.5 Å². The van der Waals surface area contributed by atoms with Gasteiger partial charge >= 0.3 is 5.97 Å². The smallest absolute Gasteiger partial charge is 0.303 e. The minimum absolute atomic E-state index is 0.124. The maximum atomic E-state index is 11.4. The second-order valence-electron chi connectivity index (χ2n) is 8.38. The quantitative estimate of drug-likeness (QED) is 0.805. The van der Waals surface area contributed by atoms with Crippen LogP contribution in [0.1, 0.15) is 59.3 Å². The third-order valence-corrected chi connectivity index (χ3v) is 5.90. The summed E-state index contributed by atoms with van der Waals surface area (Å²) in [5.41, 5.74) is 0.381. The zero-order chi connectivity index (χ0) is 13.1. The highest BCUT2D eigenvalue weighted by Crippen LogP contribution is 2.67. The lowest BCUT2D eigenvalue weighted by Crippen LogP contribution is -2.57. The molecule has 2 heteroatoms. The monoisotopic (exact) mass is 250 g/mol. The fourth-order valence-corrected chi connectivity index (χ4v) is 6.39. The number of hydrogen-bond donors (Lipinski definition) is 1. The second-order valence-corrected chi connectivity index (χ2v) is 8.38. The lowest BCUT2D eigenvalue weighted by atomic mass is 9.40. The molecule has 3 atom stereocenters. The molecule has 4 saturated carbocycles. The van der Waals surface area contributed by atoms with Crippen molar-refractivity contribution in [2.45, 2.75) is 59.3 Å². The first-order valence-corrected chi connectivity index (χ1v) is 7.52. The molecule has 4 bridgehead atoms. The van der Waals surface area contributed by atoms with E-state index < -0.39 is 5.97 Å². The predicted octanol–water partition coefficient (Wildman–Crippen LogP) is 3.95. The van der Waals surface area contributed by atoms with Gasteiger partial charge in [-0.25, -0.2) is 0 Å². The number of carboxylic acid groups (broad SMARTS) is 1. The molecule has 0 radical (unpaired) electrons. The van der Waals surface area contributed by atoms with Crippen molar-refractivity contribution in [3.63, 3.8) is 0 Å². The van der Waals surface area contributed by atoms with E-state index in [1.807, 2.05) is 0 Å². The minimum atomic E-state index is -0.578. The molecule has 0 aliphatic heterocycles. The highest BCUT2D eigenvalue weighted by molar-refractivity contribution is 5.68. The fraction of sp³-hybridized carbons (Fsp3) is 0.938. The molecule has 0 aromatic carbocycles. The summed E-state index contributed by atoms with van der Waals surface area (Å²) >= 11 is 0. The van der Waals surface area contributed by atoms with Crippen molar-refractivity contribution in [1.82, 2.24) is 0 Å². The van der Waals surface area contributed by atoms with Crippen LogP contribution >= 0.6 is 0 Å². The Balaban J connectivity index is 1.98.